The Morgan fingerprint density at radius 2 is 1.94 bits per heavy atom. The van der Waals surface area contributed by atoms with Crippen molar-refractivity contribution in [3.05, 3.63) is 11.1 Å². The molecular formula is C16H28O. The molecule has 17 heavy (non-hydrogen) atoms. The summed E-state index contributed by atoms with van der Waals surface area (Å²) in [4.78, 5) is 0. The normalized spacial score (nSPS) is 36.9. The lowest BCUT2D eigenvalue weighted by molar-refractivity contribution is 0.00900. The molecule has 2 unspecified atom stereocenters. The summed E-state index contributed by atoms with van der Waals surface area (Å²) in [5.74, 6) is 0.814. The van der Waals surface area contributed by atoms with Crippen LogP contribution >= 0.6 is 0 Å². The van der Waals surface area contributed by atoms with E-state index in [0.29, 0.717) is 17.4 Å². The molecule has 0 aromatic heterocycles. The molecule has 98 valence electrons. The second kappa shape index (κ2) is 4.42. The van der Waals surface area contributed by atoms with Gasteiger partial charge in [-0.25, -0.2) is 0 Å². The lowest BCUT2D eigenvalue weighted by Gasteiger charge is -2.55. The molecule has 0 aromatic rings. The molecule has 1 N–H and O–H groups in total. The number of rotatable bonds is 2. The van der Waals surface area contributed by atoms with Crippen LogP contribution in [0.3, 0.4) is 0 Å². The minimum Gasteiger partial charge on any atom is -0.396 e. The van der Waals surface area contributed by atoms with Crippen LogP contribution in [0.4, 0.5) is 0 Å². The fourth-order valence-electron chi connectivity index (χ4n) is 4.80. The minimum absolute atomic E-state index is 0.315. The predicted octanol–water partition coefficient (Wildman–Crippen LogP) is 4.31. The molecule has 0 heterocycles. The van der Waals surface area contributed by atoms with E-state index in [4.69, 9.17) is 0 Å². The van der Waals surface area contributed by atoms with Gasteiger partial charge in [0.15, 0.2) is 0 Å². The van der Waals surface area contributed by atoms with Crippen LogP contribution in [-0.2, 0) is 0 Å². The van der Waals surface area contributed by atoms with Crippen molar-refractivity contribution in [1.29, 1.82) is 0 Å². The highest BCUT2D eigenvalue weighted by atomic mass is 16.3. The van der Waals surface area contributed by atoms with Crippen LogP contribution < -0.4 is 0 Å². The SMILES string of the molecule is CC1=C(CCO)C2(C)CCCC(C)(C)C2CC1. The van der Waals surface area contributed by atoms with Crippen molar-refractivity contribution >= 4 is 0 Å². The number of hydrogen-bond donors (Lipinski definition) is 1. The average molecular weight is 236 g/mol. The van der Waals surface area contributed by atoms with Crippen molar-refractivity contribution in [2.45, 2.75) is 66.2 Å². The van der Waals surface area contributed by atoms with Crippen LogP contribution in [0.15, 0.2) is 11.1 Å². The molecular weight excluding hydrogens is 208 g/mol. The summed E-state index contributed by atoms with van der Waals surface area (Å²) in [6, 6.07) is 0. The van der Waals surface area contributed by atoms with E-state index in [-0.39, 0.29) is 0 Å². The van der Waals surface area contributed by atoms with E-state index in [2.05, 4.69) is 27.7 Å². The largest absolute Gasteiger partial charge is 0.396 e. The Morgan fingerprint density at radius 3 is 2.59 bits per heavy atom. The molecule has 1 heteroatoms. The van der Waals surface area contributed by atoms with Gasteiger partial charge in [-0.2, -0.15) is 0 Å². The van der Waals surface area contributed by atoms with Gasteiger partial charge in [-0.1, -0.05) is 38.3 Å². The van der Waals surface area contributed by atoms with Crippen LogP contribution in [0.5, 0.6) is 0 Å². The third-order valence-electron chi connectivity index (χ3n) is 5.60. The molecule has 0 radical (unpaired) electrons. The van der Waals surface area contributed by atoms with Gasteiger partial charge in [-0.3, -0.25) is 0 Å². The second-order valence-electron chi connectivity index (χ2n) is 7.08. The summed E-state index contributed by atoms with van der Waals surface area (Å²) in [7, 11) is 0. The Bertz CT molecular complexity index is 326. The van der Waals surface area contributed by atoms with E-state index in [1.165, 1.54) is 32.1 Å². The van der Waals surface area contributed by atoms with Crippen molar-refractivity contribution < 1.29 is 5.11 Å². The lowest BCUT2D eigenvalue weighted by atomic mass is 9.50. The van der Waals surface area contributed by atoms with Gasteiger partial charge in [0.1, 0.15) is 0 Å². The maximum atomic E-state index is 9.34. The Morgan fingerprint density at radius 1 is 1.24 bits per heavy atom. The molecule has 2 aliphatic rings. The molecule has 2 aliphatic carbocycles. The highest BCUT2D eigenvalue weighted by Crippen LogP contribution is 2.59. The van der Waals surface area contributed by atoms with E-state index in [9.17, 15) is 5.11 Å². The van der Waals surface area contributed by atoms with Crippen molar-refractivity contribution in [1.82, 2.24) is 0 Å². The van der Waals surface area contributed by atoms with E-state index in [1.54, 1.807) is 11.1 Å². The van der Waals surface area contributed by atoms with Gasteiger partial charge in [-0.05, 0) is 55.8 Å². The van der Waals surface area contributed by atoms with Crippen molar-refractivity contribution in [2.75, 3.05) is 6.61 Å². The van der Waals surface area contributed by atoms with E-state index in [1.807, 2.05) is 0 Å². The summed E-state index contributed by atoms with van der Waals surface area (Å²) >= 11 is 0. The topological polar surface area (TPSA) is 20.2 Å². The Kier molecular flexibility index (Phi) is 3.42. The first-order valence-corrected chi connectivity index (χ1v) is 7.22. The smallest absolute Gasteiger partial charge is 0.0468 e. The zero-order chi connectivity index (χ0) is 12.7. The Balaban J connectivity index is 2.39. The third kappa shape index (κ3) is 2.07. The van der Waals surface area contributed by atoms with Crippen molar-refractivity contribution in [3.8, 4) is 0 Å². The zero-order valence-electron chi connectivity index (χ0n) is 12.0. The molecule has 0 saturated heterocycles. The predicted molar refractivity (Wildman–Crippen MR) is 72.9 cm³/mol. The number of hydrogen-bond acceptors (Lipinski definition) is 1. The monoisotopic (exact) mass is 236 g/mol. The average Bonchev–Trinajstić information content (AvgIpc) is 2.22. The molecule has 0 aliphatic heterocycles. The molecule has 0 amide bonds. The summed E-state index contributed by atoms with van der Waals surface area (Å²) in [6.45, 7) is 9.97. The Labute approximate surface area is 106 Å². The first kappa shape index (κ1) is 13.1. The molecule has 1 nitrogen and oxygen atoms in total. The molecule has 1 fully saturated rings. The molecule has 0 spiro atoms. The maximum Gasteiger partial charge on any atom is 0.0468 e. The van der Waals surface area contributed by atoms with E-state index < -0.39 is 0 Å². The second-order valence-corrected chi connectivity index (χ2v) is 7.08. The van der Waals surface area contributed by atoms with Gasteiger partial charge in [0.05, 0.1) is 0 Å². The van der Waals surface area contributed by atoms with Crippen LogP contribution in [0.2, 0.25) is 0 Å². The fraction of sp³-hybridized carbons (Fsp3) is 0.875. The number of fused-ring (bicyclic) bond motifs is 1. The Hall–Kier alpha value is -0.300. The summed E-state index contributed by atoms with van der Waals surface area (Å²) in [5.41, 5.74) is 4.00. The van der Waals surface area contributed by atoms with Gasteiger partial charge < -0.3 is 5.11 Å². The molecule has 2 atom stereocenters. The quantitative estimate of drug-likeness (QED) is 0.708. The van der Waals surface area contributed by atoms with Crippen molar-refractivity contribution in [2.24, 2.45) is 16.7 Å². The highest BCUT2D eigenvalue weighted by Gasteiger charge is 2.49. The van der Waals surface area contributed by atoms with Crippen LogP contribution in [0, 0.1) is 16.7 Å². The van der Waals surface area contributed by atoms with Gasteiger partial charge in [-0.15, -0.1) is 0 Å². The van der Waals surface area contributed by atoms with Gasteiger partial charge in [0.25, 0.3) is 0 Å². The first-order chi connectivity index (χ1) is 7.92. The van der Waals surface area contributed by atoms with Crippen LogP contribution in [0.25, 0.3) is 0 Å². The first-order valence-electron chi connectivity index (χ1n) is 7.22. The molecule has 1 saturated carbocycles. The molecule has 2 rings (SSSR count). The highest BCUT2D eigenvalue weighted by molar-refractivity contribution is 5.27. The number of aliphatic hydroxyl groups excluding tert-OH is 1. The molecule has 0 bridgehead atoms. The maximum absolute atomic E-state index is 9.34. The van der Waals surface area contributed by atoms with E-state index in [0.717, 1.165) is 12.3 Å². The fourth-order valence-corrected chi connectivity index (χ4v) is 4.80. The third-order valence-corrected chi connectivity index (χ3v) is 5.60. The lowest BCUT2D eigenvalue weighted by Crippen LogP contribution is -2.45. The van der Waals surface area contributed by atoms with Crippen LogP contribution in [-0.4, -0.2) is 11.7 Å². The summed E-state index contributed by atoms with van der Waals surface area (Å²) in [5, 5.41) is 9.34. The van der Waals surface area contributed by atoms with Gasteiger partial charge >= 0.3 is 0 Å². The van der Waals surface area contributed by atoms with Crippen LogP contribution in [0.1, 0.15) is 66.2 Å². The summed E-state index contributed by atoms with van der Waals surface area (Å²) < 4.78 is 0. The molecule has 0 aromatic carbocycles. The zero-order valence-corrected chi connectivity index (χ0v) is 12.0. The standard InChI is InChI=1S/C16H28O/c1-12-6-7-14-15(2,3)9-5-10-16(14,4)13(12)8-11-17/h14,17H,5-11H2,1-4H3. The van der Waals surface area contributed by atoms with Crippen molar-refractivity contribution in [3.63, 3.8) is 0 Å². The number of aliphatic hydroxyl groups is 1. The number of allylic oxidation sites excluding steroid dienone is 1. The van der Waals surface area contributed by atoms with Gasteiger partial charge in [0, 0.05) is 6.61 Å². The van der Waals surface area contributed by atoms with E-state index >= 15 is 0 Å². The van der Waals surface area contributed by atoms with Gasteiger partial charge in [0.2, 0.25) is 0 Å². The summed E-state index contributed by atoms with van der Waals surface area (Å²) in [6.07, 6.45) is 7.55. The minimum atomic E-state index is 0.315.